The minimum atomic E-state index is -0.843. The summed E-state index contributed by atoms with van der Waals surface area (Å²) in [6.07, 6.45) is 0. The van der Waals surface area contributed by atoms with Gasteiger partial charge in [-0.05, 0) is 6.54 Å². The average molecular weight is 535 g/mol. The van der Waals surface area contributed by atoms with Crippen LogP contribution in [-0.4, -0.2) is 95.0 Å². The van der Waals surface area contributed by atoms with Crippen LogP contribution in [0, 0.1) is 32.3 Å². The second-order valence-electron chi connectivity index (χ2n) is 5.52. The summed E-state index contributed by atoms with van der Waals surface area (Å²) in [5.74, 6) is -0.738. The Bertz CT molecular complexity index is 487. The van der Waals surface area contributed by atoms with Gasteiger partial charge in [-0.25, -0.2) is 0 Å². The number of hydrogen-bond acceptors (Lipinski definition) is 5. The largest absolute Gasteiger partial charge is 3.00 e. The number of rotatable bonds is 12. The van der Waals surface area contributed by atoms with Gasteiger partial charge >= 0.3 is 16.8 Å². The standard InChI is InChI=1S/C6H13Cl2N2.2C5H6NO4.Co/c7-1-4-10(5-2-8)6-3-9;2*1-3(7)5(4(2)8)6(9)10;/h9H,1-6H2;2*1-2H3;/q3*-1;+3/p+4. The summed E-state index contributed by atoms with van der Waals surface area (Å²) in [6.45, 7) is 7.43. The Kier molecular flexibility index (Phi) is 25.3. The van der Waals surface area contributed by atoms with Crippen molar-refractivity contribution in [3.63, 3.8) is 0 Å². The van der Waals surface area contributed by atoms with Gasteiger partial charge in [-0.2, -0.15) is 0 Å². The summed E-state index contributed by atoms with van der Waals surface area (Å²) in [7, 11) is 0. The van der Waals surface area contributed by atoms with E-state index in [0.717, 1.165) is 47.3 Å². The van der Waals surface area contributed by atoms with Gasteiger partial charge < -0.3 is 29.8 Å². The van der Waals surface area contributed by atoms with Crippen molar-refractivity contribution in [3.8, 4) is 0 Å². The van der Waals surface area contributed by atoms with Crippen molar-refractivity contribution in [1.29, 1.82) is 0 Å². The second kappa shape index (κ2) is 21.5. The number of carbonyl (C=O) groups excluding carboxylic acids is 4. The Morgan fingerprint density at radius 3 is 1.16 bits per heavy atom. The van der Waals surface area contributed by atoms with Crippen LogP contribution in [0.5, 0.6) is 0 Å². The van der Waals surface area contributed by atoms with Gasteiger partial charge in [0.2, 0.25) is 23.1 Å². The molecule has 0 aliphatic rings. The van der Waals surface area contributed by atoms with Crippen molar-refractivity contribution >= 4 is 46.3 Å². The molecule has 180 valence electrons. The van der Waals surface area contributed by atoms with E-state index in [1.54, 1.807) is 0 Å². The number of nitrogens with one attached hydrogen (secondary N) is 1. The van der Waals surface area contributed by atoms with Crippen LogP contribution in [-0.2, 0) is 16.8 Å². The van der Waals surface area contributed by atoms with E-state index in [-0.39, 0.29) is 16.8 Å². The van der Waals surface area contributed by atoms with Gasteiger partial charge in [0.05, 0.1) is 0 Å². The molecule has 0 spiro atoms. The van der Waals surface area contributed by atoms with E-state index in [2.05, 4.69) is 4.90 Å². The van der Waals surface area contributed by atoms with E-state index in [4.69, 9.17) is 48.1 Å². The topological polar surface area (TPSA) is 199 Å². The van der Waals surface area contributed by atoms with E-state index < -0.39 is 45.1 Å². The molecule has 0 aromatic carbocycles. The van der Waals surface area contributed by atoms with Crippen LogP contribution in [0.1, 0.15) is 27.7 Å². The van der Waals surface area contributed by atoms with Crippen molar-refractivity contribution in [2.75, 3.05) is 37.9 Å². The van der Waals surface area contributed by atoms with Gasteiger partial charge in [0, 0.05) is 52.5 Å². The molecule has 0 amide bonds. The van der Waals surface area contributed by atoms with Crippen LogP contribution >= 0.6 is 23.2 Å². The van der Waals surface area contributed by atoms with E-state index in [0.29, 0.717) is 18.3 Å². The zero-order valence-corrected chi connectivity index (χ0v) is 20.1. The molecule has 15 heteroatoms. The van der Waals surface area contributed by atoms with Crippen molar-refractivity contribution in [1.82, 2.24) is 4.90 Å². The number of nitrogens with zero attached hydrogens (tertiary/aromatic N) is 3. The Morgan fingerprint density at radius 1 is 0.806 bits per heavy atom. The first kappa shape index (κ1) is 36.6. The average Bonchev–Trinajstić information content (AvgIpc) is 2.54. The molecule has 12 nitrogen and oxygen atoms in total. The molecule has 31 heavy (non-hydrogen) atoms. The molecule has 0 atom stereocenters. The molecule has 0 saturated heterocycles. The number of ketones is 4. The number of hydrogen-bond donors (Lipinski definition) is 0. The maximum Gasteiger partial charge on any atom is 3.00 e. The first-order chi connectivity index (χ1) is 13.8. The van der Waals surface area contributed by atoms with Gasteiger partial charge in [0.25, 0.3) is 0 Å². The van der Waals surface area contributed by atoms with Gasteiger partial charge in [-0.1, -0.05) is 9.85 Å². The summed E-state index contributed by atoms with van der Waals surface area (Å²) in [4.78, 5) is 54.8. The van der Waals surface area contributed by atoms with Crippen LogP contribution in [0.25, 0.3) is 5.73 Å². The second-order valence-corrected chi connectivity index (χ2v) is 6.28. The summed E-state index contributed by atoms with van der Waals surface area (Å²) < 4.78 is 0. The summed E-state index contributed by atoms with van der Waals surface area (Å²) in [5.41, 5.74) is 6.96. The molecule has 0 unspecified atom stereocenters. The van der Waals surface area contributed by atoms with Gasteiger partial charge in [-0.15, -0.1) is 29.7 Å². The van der Waals surface area contributed by atoms with Gasteiger partial charge in [0.1, 0.15) is 0 Å². The fraction of sp³-hybridized carbons (Fsp3) is 0.625. The zero-order chi connectivity index (χ0) is 24.4. The maximum absolute atomic E-state index is 9.99. The summed E-state index contributed by atoms with van der Waals surface area (Å²) >= 11 is 11.0. The van der Waals surface area contributed by atoms with Crippen LogP contribution < -0.4 is 0 Å². The van der Waals surface area contributed by atoms with E-state index >= 15 is 0 Å². The zero-order valence-electron chi connectivity index (χ0n) is 17.6. The number of nitro groups is 2. The monoisotopic (exact) mass is 534 g/mol. The normalized spacial score (nSPS) is 9.03. The fourth-order valence-corrected chi connectivity index (χ4v) is 2.26. The Morgan fingerprint density at radius 2 is 1.06 bits per heavy atom. The molecule has 0 aromatic heterocycles. The van der Waals surface area contributed by atoms with E-state index in [1.165, 1.54) is 0 Å². The van der Waals surface area contributed by atoms with Crippen molar-refractivity contribution in [2.24, 2.45) is 0 Å². The van der Waals surface area contributed by atoms with Crippen LogP contribution in [0.15, 0.2) is 0 Å². The SMILES string of the molecule is CC(=[OH+])[C-](C(C)=[OH+])[N+](=O)[O-].CC(=[OH+])[C-](C(C)=[OH+])[N+](=O)[O-].[Co+3].[NH-]CCN(CCCl)CCCl. The molecule has 0 fully saturated rings. The Labute approximate surface area is 200 Å². The van der Waals surface area contributed by atoms with Gasteiger partial charge in [0.15, 0.2) is 12.1 Å². The van der Waals surface area contributed by atoms with Crippen molar-refractivity contribution in [2.45, 2.75) is 27.7 Å². The van der Waals surface area contributed by atoms with E-state index in [1.807, 2.05) is 0 Å². The van der Waals surface area contributed by atoms with Crippen LogP contribution in [0.3, 0.4) is 0 Å². The summed E-state index contributed by atoms with van der Waals surface area (Å²) in [5, 5.41) is 20.0. The molecule has 0 radical (unpaired) electrons. The molecular weight excluding hydrogens is 506 g/mol. The predicted octanol–water partition coefficient (Wildman–Crippen LogP) is 1.67. The molecule has 0 aromatic rings. The fourth-order valence-electron chi connectivity index (χ4n) is 1.78. The third kappa shape index (κ3) is 19.9. The molecular formula is C16H29Cl2CoN4O8+4. The third-order valence-corrected chi connectivity index (χ3v) is 3.30. The molecule has 0 rings (SSSR count). The van der Waals surface area contributed by atoms with Crippen molar-refractivity contribution < 1.29 is 45.8 Å². The predicted molar refractivity (Wildman–Crippen MR) is 118 cm³/mol. The van der Waals surface area contributed by atoms with E-state index in [9.17, 15) is 20.2 Å². The van der Waals surface area contributed by atoms with Crippen molar-refractivity contribution in [3.05, 3.63) is 38.0 Å². The quantitative estimate of drug-likeness (QED) is 0.0912. The smallest absolute Gasteiger partial charge is 0.676 e. The molecule has 0 bridgehead atoms. The number of alkyl halides is 2. The Hall–Kier alpha value is -1.77. The first-order valence-corrected chi connectivity index (χ1v) is 9.48. The molecule has 0 aliphatic heterocycles. The molecule has 0 heterocycles. The minimum Gasteiger partial charge on any atom is -0.676 e. The van der Waals surface area contributed by atoms with Crippen LogP contribution in [0.4, 0.5) is 0 Å². The minimum absolute atomic E-state index is 0. The first-order valence-electron chi connectivity index (χ1n) is 8.41. The van der Waals surface area contributed by atoms with Crippen LogP contribution in [0.2, 0.25) is 0 Å². The van der Waals surface area contributed by atoms with Gasteiger partial charge in [-0.3, -0.25) is 20.2 Å². The third-order valence-electron chi connectivity index (χ3n) is 2.97. The summed E-state index contributed by atoms with van der Waals surface area (Å²) in [6, 6.07) is -1.28. The molecule has 5 N–H and O–H groups in total. The molecule has 0 aliphatic carbocycles. The Balaban J connectivity index is -0.000000174. The maximum atomic E-state index is 9.99. The molecule has 0 saturated carbocycles. The number of halogens is 2.